The molecule has 0 aliphatic rings. The van der Waals surface area contributed by atoms with Crippen molar-refractivity contribution in [2.75, 3.05) is 0 Å². The topological polar surface area (TPSA) is 52.3 Å². The fourth-order valence-corrected chi connectivity index (χ4v) is 1.78. The number of ether oxygens (including phenoxy) is 1. The number of fused-ring (bicyclic) bond motifs is 1. The monoisotopic (exact) mass is 338 g/mol. The molecular formula is C11H7IN4O. The van der Waals surface area contributed by atoms with E-state index in [1.807, 2.05) is 24.3 Å². The summed E-state index contributed by atoms with van der Waals surface area (Å²) in [7, 11) is 0. The lowest BCUT2D eigenvalue weighted by molar-refractivity contribution is 0.464. The third kappa shape index (κ3) is 2.07. The van der Waals surface area contributed by atoms with Crippen LogP contribution in [0.25, 0.3) is 5.65 Å². The molecule has 0 saturated heterocycles. The van der Waals surface area contributed by atoms with Crippen LogP contribution in [0.4, 0.5) is 0 Å². The van der Waals surface area contributed by atoms with Crippen LogP contribution in [0.2, 0.25) is 0 Å². The van der Waals surface area contributed by atoms with E-state index in [0.717, 1.165) is 9.32 Å². The van der Waals surface area contributed by atoms with E-state index < -0.39 is 0 Å². The van der Waals surface area contributed by atoms with E-state index in [-0.39, 0.29) is 0 Å². The van der Waals surface area contributed by atoms with Crippen LogP contribution in [0.5, 0.6) is 11.6 Å². The van der Waals surface area contributed by atoms with E-state index in [4.69, 9.17) is 4.74 Å². The molecule has 3 aromatic rings. The average Bonchev–Trinajstić information content (AvgIpc) is 2.81. The molecule has 0 aliphatic carbocycles. The van der Waals surface area contributed by atoms with Gasteiger partial charge in [0.05, 0.1) is 0 Å². The first-order valence-corrected chi connectivity index (χ1v) is 5.98. The highest BCUT2D eigenvalue weighted by molar-refractivity contribution is 14.1. The molecule has 5 nitrogen and oxygen atoms in total. The van der Waals surface area contributed by atoms with Gasteiger partial charge in [0.25, 0.3) is 5.88 Å². The van der Waals surface area contributed by atoms with Gasteiger partial charge in [0, 0.05) is 16.0 Å². The number of nitrogens with zero attached hydrogens (tertiary/aromatic N) is 4. The fraction of sp³-hybridized carbons (Fsp3) is 0. The maximum Gasteiger partial charge on any atom is 0.265 e. The first-order chi connectivity index (χ1) is 8.33. The van der Waals surface area contributed by atoms with Crippen molar-refractivity contribution in [1.82, 2.24) is 19.6 Å². The van der Waals surface area contributed by atoms with Crippen molar-refractivity contribution in [2.45, 2.75) is 0 Å². The van der Waals surface area contributed by atoms with Gasteiger partial charge in [-0.15, -0.1) is 10.2 Å². The zero-order valence-corrected chi connectivity index (χ0v) is 10.8. The molecule has 0 saturated carbocycles. The van der Waals surface area contributed by atoms with Gasteiger partial charge >= 0.3 is 0 Å². The number of benzene rings is 1. The zero-order chi connectivity index (χ0) is 11.7. The molecule has 17 heavy (non-hydrogen) atoms. The Kier molecular flexibility index (Phi) is 2.63. The summed E-state index contributed by atoms with van der Waals surface area (Å²) in [5.74, 6) is 1.18. The minimum absolute atomic E-state index is 0.450. The molecule has 0 unspecified atom stereocenters. The van der Waals surface area contributed by atoms with E-state index in [9.17, 15) is 0 Å². The van der Waals surface area contributed by atoms with Crippen LogP contribution in [0.1, 0.15) is 0 Å². The Labute approximate surface area is 111 Å². The Morgan fingerprint density at radius 2 is 2.00 bits per heavy atom. The van der Waals surface area contributed by atoms with Crippen molar-refractivity contribution in [3.05, 3.63) is 46.6 Å². The Morgan fingerprint density at radius 1 is 1.18 bits per heavy atom. The highest BCUT2D eigenvalue weighted by atomic mass is 127. The van der Waals surface area contributed by atoms with Crippen molar-refractivity contribution < 1.29 is 4.74 Å². The maximum atomic E-state index is 5.67. The smallest absolute Gasteiger partial charge is 0.265 e. The van der Waals surface area contributed by atoms with Crippen LogP contribution in [0.15, 0.2) is 43.0 Å². The molecule has 0 amide bonds. The molecule has 0 aliphatic heterocycles. The van der Waals surface area contributed by atoms with Crippen LogP contribution in [-0.2, 0) is 0 Å². The molecule has 84 valence electrons. The molecule has 3 rings (SSSR count). The highest BCUT2D eigenvalue weighted by Gasteiger charge is 2.06. The summed E-state index contributed by atoms with van der Waals surface area (Å²) >= 11 is 2.24. The predicted molar refractivity (Wildman–Crippen MR) is 70.0 cm³/mol. The third-order valence-electron chi connectivity index (χ3n) is 2.21. The molecule has 0 spiro atoms. The second-order valence-corrected chi connectivity index (χ2v) is 4.60. The van der Waals surface area contributed by atoms with Crippen molar-refractivity contribution in [3.8, 4) is 11.6 Å². The minimum Gasteiger partial charge on any atom is -0.436 e. The van der Waals surface area contributed by atoms with Crippen molar-refractivity contribution >= 4 is 28.2 Å². The largest absolute Gasteiger partial charge is 0.436 e. The molecule has 1 aromatic carbocycles. The number of hydrogen-bond acceptors (Lipinski definition) is 4. The molecule has 0 N–H and O–H groups in total. The van der Waals surface area contributed by atoms with Gasteiger partial charge < -0.3 is 4.74 Å². The summed E-state index contributed by atoms with van der Waals surface area (Å²) in [5.41, 5.74) is 0.603. The second-order valence-electron chi connectivity index (χ2n) is 3.35. The Morgan fingerprint density at radius 3 is 2.82 bits per heavy atom. The van der Waals surface area contributed by atoms with Crippen LogP contribution in [0.3, 0.4) is 0 Å². The van der Waals surface area contributed by atoms with Crippen molar-refractivity contribution in [2.24, 2.45) is 0 Å². The molecule has 0 radical (unpaired) electrons. The molecule has 2 aromatic heterocycles. The summed E-state index contributed by atoms with van der Waals surface area (Å²) in [6, 6.07) is 7.73. The third-order valence-corrected chi connectivity index (χ3v) is 2.93. The second kappa shape index (κ2) is 4.28. The van der Waals surface area contributed by atoms with Crippen molar-refractivity contribution in [3.63, 3.8) is 0 Å². The summed E-state index contributed by atoms with van der Waals surface area (Å²) in [6.45, 7) is 0. The Balaban J connectivity index is 1.99. The van der Waals surface area contributed by atoms with Gasteiger partial charge in [-0.2, -0.15) is 0 Å². The number of aromatic nitrogens is 4. The Hall–Kier alpha value is -1.70. The maximum absolute atomic E-state index is 5.67. The van der Waals surface area contributed by atoms with Gasteiger partial charge in [0.2, 0.25) is 5.65 Å². The van der Waals surface area contributed by atoms with Crippen molar-refractivity contribution in [1.29, 1.82) is 0 Å². The first kappa shape index (κ1) is 10.5. The lowest BCUT2D eigenvalue weighted by atomic mass is 10.3. The van der Waals surface area contributed by atoms with E-state index in [1.54, 1.807) is 23.1 Å². The van der Waals surface area contributed by atoms with Crippen LogP contribution >= 0.6 is 22.6 Å². The van der Waals surface area contributed by atoms with Gasteiger partial charge in [-0.05, 0) is 46.9 Å². The van der Waals surface area contributed by atoms with Gasteiger partial charge in [-0.1, -0.05) is 0 Å². The summed E-state index contributed by atoms with van der Waals surface area (Å²) in [6.07, 6.45) is 5.03. The molecular weight excluding hydrogens is 331 g/mol. The lowest BCUT2D eigenvalue weighted by Gasteiger charge is -2.04. The van der Waals surface area contributed by atoms with Gasteiger partial charge in [0.15, 0.2) is 0 Å². The van der Waals surface area contributed by atoms with Crippen LogP contribution in [0, 0.1) is 3.57 Å². The van der Waals surface area contributed by atoms with Gasteiger partial charge in [-0.25, -0.2) is 4.98 Å². The summed E-state index contributed by atoms with van der Waals surface area (Å²) in [5, 5.41) is 7.77. The molecule has 0 bridgehead atoms. The highest BCUT2D eigenvalue weighted by Crippen LogP contribution is 2.22. The van der Waals surface area contributed by atoms with E-state index in [2.05, 4.69) is 37.8 Å². The van der Waals surface area contributed by atoms with E-state index in [0.29, 0.717) is 11.5 Å². The molecule has 6 heteroatoms. The predicted octanol–water partition coefficient (Wildman–Crippen LogP) is 2.52. The number of halogens is 1. The summed E-state index contributed by atoms with van der Waals surface area (Å²) < 4.78 is 8.58. The standard InChI is InChI=1S/C11H7IN4O/c12-8-1-3-9(4-2-8)17-11-10-15-14-7-16(10)6-5-13-11/h1-7H. The minimum atomic E-state index is 0.450. The quantitative estimate of drug-likeness (QED) is 0.674. The lowest BCUT2D eigenvalue weighted by Crippen LogP contribution is -1.93. The SMILES string of the molecule is Ic1ccc(Oc2nccn3cnnc23)cc1. The summed E-state index contributed by atoms with van der Waals surface area (Å²) in [4.78, 5) is 4.15. The van der Waals surface area contributed by atoms with E-state index >= 15 is 0 Å². The average molecular weight is 338 g/mol. The molecule has 0 atom stereocenters. The van der Waals surface area contributed by atoms with Crippen LogP contribution < -0.4 is 4.74 Å². The molecule has 2 heterocycles. The molecule has 0 fully saturated rings. The number of hydrogen-bond donors (Lipinski definition) is 0. The number of rotatable bonds is 2. The Bertz CT molecular complexity index is 650. The van der Waals surface area contributed by atoms with Gasteiger partial charge in [0.1, 0.15) is 12.1 Å². The fourth-order valence-electron chi connectivity index (χ4n) is 1.42. The van der Waals surface area contributed by atoms with Gasteiger partial charge in [-0.3, -0.25) is 4.40 Å². The normalized spacial score (nSPS) is 10.6. The zero-order valence-electron chi connectivity index (χ0n) is 8.62. The van der Waals surface area contributed by atoms with E-state index in [1.165, 1.54) is 0 Å². The van der Waals surface area contributed by atoms with Crippen LogP contribution in [-0.4, -0.2) is 19.6 Å². The first-order valence-electron chi connectivity index (χ1n) is 4.91.